The van der Waals surface area contributed by atoms with E-state index in [-0.39, 0.29) is 23.1 Å². The summed E-state index contributed by atoms with van der Waals surface area (Å²) < 4.78 is 22.3. The second kappa shape index (κ2) is 10.9. The number of aliphatic hydroxyl groups is 1. The summed E-state index contributed by atoms with van der Waals surface area (Å²) in [5.74, 6) is -0.682. The molecule has 1 aliphatic heterocycles. The molecule has 1 heterocycles. The SMILES string of the molecule is CCC(NC(C)(O)Oc1cc(OC)c(Cl)c(OC)c1)Oc1ccc(NC(N)=O)c2c1CCC(=O)N2. The lowest BCUT2D eigenvalue weighted by Gasteiger charge is -2.32. The zero-order chi connectivity index (χ0) is 25.8. The number of fused-ring (bicyclic) bond motifs is 1. The van der Waals surface area contributed by atoms with Crippen LogP contribution in [-0.4, -0.2) is 43.4 Å². The van der Waals surface area contributed by atoms with E-state index in [1.807, 2.05) is 6.92 Å². The molecule has 0 aromatic heterocycles. The molecule has 3 rings (SSSR count). The molecule has 35 heavy (non-hydrogen) atoms. The number of carbonyl (C=O) groups excluding carboxylic acids is 2. The number of primary amides is 1. The molecule has 2 unspecified atom stereocenters. The summed E-state index contributed by atoms with van der Waals surface area (Å²) in [6.45, 7) is 3.28. The van der Waals surface area contributed by atoms with Crippen molar-refractivity contribution in [2.24, 2.45) is 5.73 Å². The van der Waals surface area contributed by atoms with Gasteiger partial charge in [0, 0.05) is 31.0 Å². The maximum Gasteiger partial charge on any atom is 0.316 e. The fraction of sp³-hybridized carbons (Fsp3) is 0.391. The molecule has 0 saturated carbocycles. The molecule has 190 valence electrons. The Morgan fingerprint density at radius 3 is 2.46 bits per heavy atom. The highest BCUT2D eigenvalue weighted by atomic mass is 35.5. The van der Waals surface area contributed by atoms with Gasteiger partial charge in [0.15, 0.2) is 6.23 Å². The van der Waals surface area contributed by atoms with Crippen molar-refractivity contribution in [3.63, 3.8) is 0 Å². The van der Waals surface area contributed by atoms with Crippen molar-refractivity contribution in [1.29, 1.82) is 0 Å². The van der Waals surface area contributed by atoms with Gasteiger partial charge in [0.2, 0.25) is 5.91 Å². The Kier molecular flexibility index (Phi) is 8.15. The van der Waals surface area contributed by atoms with Gasteiger partial charge in [-0.1, -0.05) is 18.5 Å². The number of hydrogen-bond donors (Lipinski definition) is 5. The van der Waals surface area contributed by atoms with Crippen molar-refractivity contribution >= 4 is 34.9 Å². The molecule has 2 atom stereocenters. The maximum atomic E-state index is 11.9. The molecule has 0 radical (unpaired) electrons. The summed E-state index contributed by atoms with van der Waals surface area (Å²) in [6.07, 6.45) is 0.431. The molecular formula is C23H29ClN4O7. The van der Waals surface area contributed by atoms with Crippen LogP contribution in [0.4, 0.5) is 16.2 Å². The van der Waals surface area contributed by atoms with Crippen molar-refractivity contribution in [3.8, 4) is 23.0 Å². The third-order valence-electron chi connectivity index (χ3n) is 5.20. The molecule has 3 amide bonds. The molecule has 0 spiro atoms. The van der Waals surface area contributed by atoms with Gasteiger partial charge in [0.25, 0.3) is 5.91 Å². The van der Waals surface area contributed by atoms with Gasteiger partial charge in [0.05, 0.1) is 25.6 Å². The Morgan fingerprint density at radius 1 is 1.23 bits per heavy atom. The van der Waals surface area contributed by atoms with E-state index >= 15 is 0 Å². The third kappa shape index (κ3) is 6.38. The highest BCUT2D eigenvalue weighted by Crippen LogP contribution is 2.40. The minimum absolute atomic E-state index is 0.183. The molecule has 0 saturated heterocycles. The molecule has 6 N–H and O–H groups in total. The highest BCUT2D eigenvalue weighted by molar-refractivity contribution is 6.33. The lowest BCUT2D eigenvalue weighted by molar-refractivity contribution is -0.168. The van der Waals surface area contributed by atoms with E-state index in [0.29, 0.717) is 47.0 Å². The number of rotatable bonds is 10. The molecule has 0 aliphatic carbocycles. The van der Waals surface area contributed by atoms with E-state index < -0.39 is 18.2 Å². The zero-order valence-corrected chi connectivity index (χ0v) is 20.6. The topological polar surface area (TPSA) is 153 Å². The fourth-order valence-corrected chi connectivity index (χ4v) is 3.90. The second-order valence-corrected chi connectivity index (χ2v) is 8.27. The van der Waals surface area contributed by atoms with Crippen LogP contribution in [0.2, 0.25) is 5.02 Å². The highest BCUT2D eigenvalue weighted by Gasteiger charge is 2.29. The van der Waals surface area contributed by atoms with E-state index in [0.717, 1.165) is 0 Å². The van der Waals surface area contributed by atoms with Crippen molar-refractivity contribution in [3.05, 3.63) is 34.9 Å². The Hall–Kier alpha value is -3.41. The predicted molar refractivity (Wildman–Crippen MR) is 130 cm³/mol. The summed E-state index contributed by atoms with van der Waals surface area (Å²) in [5, 5.41) is 19.4. The first-order valence-corrected chi connectivity index (χ1v) is 11.2. The Morgan fingerprint density at radius 2 is 1.89 bits per heavy atom. The normalized spacial score (nSPS) is 15.2. The first-order valence-electron chi connectivity index (χ1n) is 10.9. The number of urea groups is 1. The van der Waals surface area contributed by atoms with E-state index in [1.54, 1.807) is 12.1 Å². The average molecular weight is 509 g/mol. The standard InChI is InChI=1S/C23H29ClN4O7/c1-5-19(28-23(2,31)35-12-10-16(32-3)20(24)17(11-12)33-4)34-15-8-7-14(26-22(25)30)21-13(15)6-9-18(29)27-21/h7-8,10-11,19,28,31H,5-6,9H2,1-4H3,(H,27,29)(H3,25,26,30). The number of amides is 3. The molecular weight excluding hydrogens is 480 g/mol. The summed E-state index contributed by atoms with van der Waals surface area (Å²) >= 11 is 6.20. The van der Waals surface area contributed by atoms with E-state index in [1.165, 1.54) is 33.3 Å². The summed E-state index contributed by atoms with van der Waals surface area (Å²) in [7, 11) is 2.91. The minimum atomic E-state index is -1.85. The van der Waals surface area contributed by atoms with Crippen LogP contribution in [0.3, 0.4) is 0 Å². The van der Waals surface area contributed by atoms with E-state index in [4.69, 9.17) is 36.3 Å². The van der Waals surface area contributed by atoms with Crippen LogP contribution in [0.25, 0.3) is 0 Å². The van der Waals surface area contributed by atoms with Gasteiger partial charge in [-0.3, -0.25) is 4.79 Å². The molecule has 12 heteroatoms. The molecule has 2 aromatic rings. The number of anilines is 2. The predicted octanol–water partition coefficient (Wildman–Crippen LogP) is 3.18. The third-order valence-corrected chi connectivity index (χ3v) is 5.57. The molecule has 11 nitrogen and oxygen atoms in total. The molecule has 0 bridgehead atoms. The minimum Gasteiger partial charge on any atom is -0.495 e. The Labute approximate surface area is 207 Å². The molecule has 0 fully saturated rings. The maximum absolute atomic E-state index is 11.9. The second-order valence-electron chi connectivity index (χ2n) is 7.89. The lowest BCUT2D eigenvalue weighted by atomic mass is 10.0. The van der Waals surface area contributed by atoms with E-state index in [2.05, 4.69) is 16.0 Å². The van der Waals surface area contributed by atoms with Gasteiger partial charge < -0.3 is 40.4 Å². The summed E-state index contributed by atoms with van der Waals surface area (Å²) in [6, 6.07) is 5.53. The van der Waals surface area contributed by atoms with Crippen molar-refractivity contribution in [1.82, 2.24) is 5.32 Å². The number of carbonyl (C=O) groups is 2. The van der Waals surface area contributed by atoms with Crippen molar-refractivity contribution in [2.75, 3.05) is 24.9 Å². The van der Waals surface area contributed by atoms with Crippen molar-refractivity contribution in [2.45, 2.75) is 45.2 Å². The zero-order valence-electron chi connectivity index (χ0n) is 19.9. The fourth-order valence-electron chi connectivity index (χ4n) is 3.64. The van der Waals surface area contributed by atoms with Gasteiger partial charge in [-0.05, 0) is 25.0 Å². The average Bonchev–Trinajstić information content (AvgIpc) is 2.80. The van der Waals surface area contributed by atoms with Crippen LogP contribution in [0.1, 0.15) is 32.3 Å². The van der Waals surface area contributed by atoms with Gasteiger partial charge in [-0.2, -0.15) is 0 Å². The number of nitrogens with two attached hydrogens (primary N) is 1. The monoisotopic (exact) mass is 508 g/mol. The Bertz CT molecular complexity index is 1080. The summed E-state index contributed by atoms with van der Waals surface area (Å²) in [4.78, 5) is 23.3. The molecule has 2 aromatic carbocycles. The van der Waals surface area contributed by atoms with Crippen LogP contribution in [0, 0.1) is 0 Å². The number of benzene rings is 2. The van der Waals surface area contributed by atoms with Gasteiger partial charge in [0.1, 0.15) is 28.0 Å². The van der Waals surface area contributed by atoms with Gasteiger partial charge >= 0.3 is 6.03 Å². The Balaban J connectivity index is 1.80. The number of halogens is 1. The smallest absolute Gasteiger partial charge is 0.316 e. The van der Waals surface area contributed by atoms with Crippen LogP contribution in [0.15, 0.2) is 24.3 Å². The van der Waals surface area contributed by atoms with Crippen LogP contribution in [0.5, 0.6) is 23.0 Å². The number of ether oxygens (including phenoxy) is 4. The number of nitrogens with one attached hydrogen (secondary N) is 3. The first kappa shape index (κ1) is 26.2. The molecule has 1 aliphatic rings. The number of methoxy groups -OCH3 is 2. The van der Waals surface area contributed by atoms with E-state index in [9.17, 15) is 14.7 Å². The van der Waals surface area contributed by atoms with Crippen LogP contribution in [-0.2, 0) is 11.2 Å². The van der Waals surface area contributed by atoms with Crippen LogP contribution < -0.4 is 40.6 Å². The van der Waals surface area contributed by atoms with Gasteiger partial charge in [-0.15, -0.1) is 0 Å². The first-order chi connectivity index (χ1) is 16.6. The van der Waals surface area contributed by atoms with Gasteiger partial charge in [-0.25, -0.2) is 10.1 Å². The quantitative estimate of drug-likeness (QED) is 0.307. The van der Waals surface area contributed by atoms with Crippen LogP contribution >= 0.6 is 11.6 Å². The largest absolute Gasteiger partial charge is 0.495 e. The summed E-state index contributed by atoms with van der Waals surface area (Å²) in [5.41, 5.74) is 6.74. The number of hydrogen-bond acceptors (Lipinski definition) is 8. The lowest BCUT2D eigenvalue weighted by Crippen LogP contribution is -2.54. The van der Waals surface area contributed by atoms with Crippen molar-refractivity contribution < 1.29 is 33.6 Å².